The van der Waals surface area contributed by atoms with Gasteiger partial charge in [0.1, 0.15) is 5.75 Å². The molecule has 0 aliphatic carbocycles. The minimum atomic E-state index is -0.681. The van der Waals surface area contributed by atoms with Crippen LogP contribution in [-0.4, -0.2) is 16.9 Å². The van der Waals surface area contributed by atoms with E-state index in [1.807, 2.05) is 39.0 Å². The highest BCUT2D eigenvalue weighted by Crippen LogP contribution is 2.26. The molecule has 0 aliphatic heterocycles. The number of hydrogen-bond donors (Lipinski definition) is 1. The van der Waals surface area contributed by atoms with Crippen molar-refractivity contribution in [1.82, 2.24) is 0 Å². The highest BCUT2D eigenvalue weighted by molar-refractivity contribution is 5.95. The van der Waals surface area contributed by atoms with Crippen molar-refractivity contribution in [1.29, 1.82) is 0 Å². The monoisotopic (exact) mass is 342 g/mol. The van der Waals surface area contributed by atoms with Crippen molar-refractivity contribution in [2.45, 2.75) is 40.2 Å². The highest BCUT2D eigenvalue weighted by atomic mass is 16.6. The van der Waals surface area contributed by atoms with Gasteiger partial charge in [0.25, 0.3) is 11.6 Å². The third kappa shape index (κ3) is 4.15. The Hall–Kier alpha value is -2.89. The Morgan fingerprint density at radius 1 is 1.16 bits per heavy atom. The minimum absolute atomic E-state index is 0.0266. The van der Waals surface area contributed by atoms with E-state index in [2.05, 4.69) is 5.32 Å². The molecule has 0 heterocycles. The number of carbonyl (C=O) groups excluding carboxylic acids is 1. The average molecular weight is 342 g/mol. The number of benzene rings is 2. The van der Waals surface area contributed by atoms with Crippen LogP contribution in [0.4, 0.5) is 11.4 Å². The number of hydrogen-bond acceptors (Lipinski definition) is 4. The van der Waals surface area contributed by atoms with Gasteiger partial charge < -0.3 is 10.1 Å². The quantitative estimate of drug-likeness (QED) is 0.626. The van der Waals surface area contributed by atoms with Crippen molar-refractivity contribution in [3.05, 3.63) is 63.2 Å². The number of ether oxygens (including phenoxy) is 1. The summed E-state index contributed by atoms with van der Waals surface area (Å²) in [6, 6.07) is 10.3. The number of nitrogens with zero attached hydrogens (tertiary/aromatic N) is 1. The summed E-state index contributed by atoms with van der Waals surface area (Å²) in [4.78, 5) is 23.1. The summed E-state index contributed by atoms with van der Waals surface area (Å²) in [5.41, 5.74) is 2.88. The first-order valence-corrected chi connectivity index (χ1v) is 8.12. The Labute approximate surface area is 147 Å². The molecule has 0 saturated carbocycles. The molecule has 2 aromatic carbocycles. The van der Waals surface area contributed by atoms with Gasteiger partial charge in [-0.05, 0) is 50.5 Å². The average Bonchev–Trinajstić information content (AvgIpc) is 2.57. The maximum Gasteiger partial charge on any atom is 0.274 e. The predicted molar refractivity (Wildman–Crippen MR) is 97.1 cm³/mol. The first-order valence-electron chi connectivity index (χ1n) is 8.12. The largest absolute Gasteiger partial charge is 0.480 e. The van der Waals surface area contributed by atoms with Crippen LogP contribution in [0.2, 0.25) is 0 Å². The Morgan fingerprint density at radius 2 is 1.84 bits per heavy atom. The summed E-state index contributed by atoms with van der Waals surface area (Å²) < 4.78 is 5.88. The number of carbonyl (C=O) groups is 1. The second-order valence-electron chi connectivity index (χ2n) is 5.91. The van der Waals surface area contributed by atoms with E-state index < -0.39 is 11.0 Å². The molecule has 2 rings (SSSR count). The van der Waals surface area contributed by atoms with Crippen LogP contribution in [0.3, 0.4) is 0 Å². The zero-order valence-corrected chi connectivity index (χ0v) is 14.8. The number of aryl methyl sites for hydroxylation is 1. The SMILES string of the molecule is CC[C@@H](Oc1cccc(C)c1C)C(=O)Nc1cccc([N+](=O)[O-])c1C. The molecule has 0 aliphatic rings. The van der Waals surface area contributed by atoms with Gasteiger partial charge in [-0.3, -0.25) is 14.9 Å². The molecule has 6 nitrogen and oxygen atoms in total. The van der Waals surface area contributed by atoms with Crippen LogP contribution in [0.25, 0.3) is 0 Å². The Bertz CT molecular complexity index is 802. The third-order valence-electron chi connectivity index (χ3n) is 4.25. The molecule has 0 bridgehead atoms. The molecule has 2 aromatic rings. The number of amides is 1. The van der Waals surface area contributed by atoms with Crippen molar-refractivity contribution in [3.8, 4) is 5.75 Å². The lowest BCUT2D eigenvalue weighted by Crippen LogP contribution is -2.32. The molecular formula is C19H22N2O4. The molecule has 0 unspecified atom stereocenters. The Morgan fingerprint density at radius 3 is 2.48 bits per heavy atom. The number of nitrogens with one attached hydrogen (secondary N) is 1. The summed E-state index contributed by atoms with van der Waals surface area (Å²) in [6.45, 7) is 7.39. The van der Waals surface area contributed by atoms with Gasteiger partial charge in [-0.2, -0.15) is 0 Å². The van der Waals surface area contributed by atoms with Gasteiger partial charge in [0.2, 0.25) is 0 Å². The van der Waals surface area contributed by atoms with Crippen LogP contribution in [0.1, 0.15) is 30.0 Å². The fourth-order valence-electron chi connectivity index (χ4n) is 2.50. The van der Waals surface area contributed by atoms with Crippen molar-refractivity contribution in [2.75, 3.05) is 5.32 Å². The van der Waals surface area contributed by atoms with Crippen molar-refractivity contribution >= 4 is 17.3 Å². The fraction of sp³-hybridized carbons (Fsp3) is 0.316. The third-order valence-corrected chi connectivity index (χ3v) is 4.25. The molecule has 1 N–H and O–H groups in total. The molecule has 0 radical (unpaired) electrons. The van der Waals surface area contributed by atoms with Gasteiger partial charge in [-0.15, -0.1) is 0 Å². The van der Waals surface area contributed by atoms with Crippen LogP contribution >= 0.6 is 0 Å². The Balaban J connectivity index is 2.19. The molecule has 1 atom stereocenters. The van der Waals surface area contributed by atoms with Gasteiger partial charge in [-0.1, -0.05) is 25.1 Å². The lowest BCUT2D eigenvalue weighted by atomic mass is 10.1. The summed E-state index contributed by atoms with van der Waals surface area (Å²) >= 11 is 0. The summed E-state index contributed by atoms with van der Waals surface area (Å²) in [5.74, 6) is 0.338. The lowest BCUT2D eigenvalue weighted by Gasteiger charge is -2.19. The standard InChI is InChI=1S/C19H22N2O4/c1-5-17(25-18-11-6-8-12(2)13(18)3)19(22)20-15-9-7-10-16(14(15)4)21(23)24/h6-11,17H,5H2,1-4H3,(H,20,22)/t17-/m1/s1. The number of nitro groups is 1. The van der Waals surface area contributed by atoms with Crippen molar-refractivity contribution in [2.24, 2.45) is 0 Å². The zero-order chi connectivity index (χ0) is 18.6. The molecule has 0 saturated heterocycles. The van der Waals surface area contributed by atoms with E-state index in [0.29, 0.717) is 23.4 Å². The zero-order valence-electron chi connectivity index (χ0n) is 14.8. The lowest BCUT2D eigenvalue weighted by molar-refractivity contribution is -0.385. The van der Waals surface area contributed by atoms with Crippen molar-refractivity contribution < 1.29 is 14.5 Å². The molecule has 132 valence electrons. The summed E-state index contributed by atoms with van der Waals surface area (Å²) in [5, 5.41) is 13.8. The number of rotatable bonds is 6. The summed E-state index contributed by atoms with van der Waals surface area (Å²) in [7, 11) is 0. The predicted octanol–water partition coefficient (Wildman–Crippen LogP) is 4.32. The minimum Gasteiger partial charge on any atom is -0.480 e. The van der Waals surface area contributed by atoms with Crippen LogP contribution in [0, 0.1) is 30.9 Å². The van der Waals surface area contributed by atoms with E-state index >= 15 is 0 Å². The molecule has 0 fully saturated rings. The highest BCUT2D eigenvalue weighted by Gasteiger charge is 2.22. The van der Waals surface area contributed by atoms with E-state index in [0.717, 1.165) is 11.1 Å². The first-order chi connectivity index (χ1) is 11.8. The van der Waals surface area contributed by atoms with Crippen molar-refractivity contribution in [3.63, 3.8) is 0 Å². The van der Waals surface area contributed by atoms with E-state index in [-0.39, 0.29) is 11.6 Å². The topological polar surface area (TPSA) is 81.5 Å². The van der Waals surface area contributed by atoms with Crippen LogP contribution in [-0.2, 0) is 4.79 Å². The molecule has 1 amide bonds. The van der Waals surface area contributed by atoms with Crippen LogP contribution in [0.5, 0.6) is 5.75 Å². The molecular weight excluding hydrogens is 320 g/mol. The summed E-state index contributed by atoms with van der Waals surface area (Å²) in [6.07, 6.45) is -0.202. The van der Waals surface area contributed by atoms with Crippen LogP contribution < -0.4 is 10.1 Å². The second-order valence-corrected chi connectivity index (χ2v) is 5.91. The van der Waals surface area contributed by atoms with E-state index in [1.165, 1.54) is 6.07 Å². The van der Waals surface area contributed by atoms with E-state index in [4.69, 9.17) is 4.74 Å². The van der Waals surface area contributed by atoms with Gasteiger partial charge >= 0.3 is 0 Å². The molecule has 25 heavy (non-hydrogen) atoms. The second kappa shape index (κ2) is 7.79. The van der Waals surface area contributed by atoms with Gasteiger partial charge in [-0.25, -0.2) is 0 Å². The number of nitro benzene ring substituents is 1. The molecule has 0 spiro atoms. The molecule has 6 heteroatoms. The maximum atomic E-state index is 12.6. The van der Waals surface area contributed by atoms with Gasteiger partial charge in [0.15, 0.2) is 6.10 Å². The normalized spacial score (nSPS) is 11.7. The number of anilines is 1. The Kier molecular flexibility index (Phi) is 5.75. The molecule has 0 aromatic heterocycles. The maximum absolute atomic E-state index is 12.6. The van der Waals surface area contributed by atoms with Crippen LogP contribution in [0.15, 0.2) is 36.4 Å². The van der Waals surface area contributed by atoms with E-state index in [1.54, 1.807) is 19.1 Å². The van der Waals surface area contributed by atoms with Gasteiger partial charge in [0.05, 0.1) is 16.2 Å². The van der Waals surface area contributed by atoms with E-state index in [9.17, 15) is 14.9 Å². The fourth-order valence-corrected chi connectivity index (χ4v) is 2.50. The van der Waals surface area contributed by atoms with Gasteiger partial charge in [0, 0.05) is 6.07 Å². The smallest absolute Gasteiger partial charge is 0.274 e. The first kappa shape index (κ1) is 18.4.